The summed E-state index contributed by atoms with van der Waals surface area (Å²) < 4.78 is 1.63. The number of hydrogen-bond acceptors (Lipinski definition) is 3. The molecule has 1 N–H and O–H groups in total. The van der Waals surface area contributed by atoms with E-state index in [-0.39, 0.29) is 12.5 Å². The van der Waals surface area contributed by atoms with Gasteiger partial charge in [-0.15, -0.1) is 6.42 Å². The second-order valence-corrected chi connectivity index (χ2v) is 5.39. The van der Waals surface area contributed by atoms with Gasteiger partial charge >= 0.3 is 0 Å². The van der Waals surface area contributed by atoms with E-state index in [1.165, 1.54) is 0 Å². The predicted molar refractivity (Wildman–Crippen MR) is 90.1 cm³/mol. The van der Waals surface area contributed by atoms with E-state index in [2.05, 4.69) is 21.3 Å². The highest BCUT2D eigenvalue weighted by Gasteiger charge is 2.16. The fourth-order valence-corrected chi connectivity index (χ4v) is 2.42. The lowest BCUT2D eigenvalue weighted by molar-refractivity contribution is 0.0960. The van der Waals surface area contributed by atoms with E-state index in [0.29, 0.717) is 27.3 Å². The van der Waals surface area contributed by atoms with Crippen LogP contribution in [0.15, 0.2) is 36.5 Å². The Hall–Kier alpha value is -2.84. The van der Waals surface area contributed by atoms with Crippen LogP contribution in [0.5, 0.6) is 0 Å². The van der Waals surface area contributed by atoms with Gasteiger partial charge in [-0.25, -0.2) is 4.98 Å². The van der Waals surface area contributed by atoms with Crippen LogP contribution in [0.25, 0.3) is 22.3 Å². The molecule has 0 saturated heterocycles. The van der Waals surface area contributed by atoms with Crippen molar-refractivity contribution in [2.45, 2.75) is 0 Å². The van der Waals surface area contributed by atoms with Gasteiger partial charge in [-0.1, -0.05) is 29.7 Å². The summed E-state index contributed by atoms with van der Waals surface area (Å²) in [5.74, 6) is 2.14. The SMILES string of the molecule is C#CCNC(=O)c1cc(-c2ccc(Cl)cc2)nc2c1cnn2C. The van der Waals surface area contributed by atoms with E-state index < -0.39 is 0 Å². The molecule has 2 heterocycles. The van der Waals surface area contributed by atoms with Gasteiger partial charge in [-0.2, -0.15) is 5.10 Å². The molecule has 0 radical (unpaired) electrons. The summed E-state index contributed by atoms with van der Waals surface area (Å²) in [6.45, 7) is 0.166. The van der Waals surface area contributed by atoms with E-state index in [9.17, 15) is 4.79 Å². The van der Waals surface area contributed by atoms with E-state index >= 15 is 0 Å². The first-order valence-electron chi connectivity index (χ1n) is 6.90. The smallest absolute Gasteiger partial charge is 0.252 e. The Kier molecular flexibility index (Phi) is 4.00. The number of rotatable bonds is 3. The highest BCUT2D eigenvalue weighted by Crippen LogP contribution is 2.25. The Morgan fingerprint density at radius 1 is 1.39 bits per heavy atom. The third-order valence-corrected chi connectivity index (χ3v) is 3.69. The Labute approximate surface area is 138 Å². The van der Waals surface area contributed by atoms with Crippen molar-refractivity contribution in [2.75, 3.05) is 6.54 Å². The number of pyridine rings is 1. The van der Waals surface area contributed by atoms with Crippen LogP contribution < -0.4 is 5.32 Å². The number of nitrogens with one attached hydrogen (secondary N) is 1. The number of benzene rings is 1. The molecule has 0 aliphatic carbocycles. The summed E-state index contributed by atoms with van der Waals surface area (Å²) in [6.07, 6.45) is 6.82. The summed E-state index contributed by atoms with van der Waals surface area (Å²) in [6, 6.07) is 9.01. The van der Waals surface area contributed by atoms with E-state index in [0.717, 1.165) is 5.56 Å². The zero-order valence-electron chi connectivity index (χ0n) is 12.4. The van der Waals surface area contributed by atoms with Crippen LogP contribution in [0.4, 0.5) is 0 Å². The van der Waals surface area contributed by atoms with Crippen molar-refractivity contribution in [3.05, 3.63) is 47.1 Å². The molecule has 0 saturated carbocycles. The van der Waals surface area contributed by atoms with Crippen molar-refractivity contribution in [1.29, 1.82) is 0 Å². The molecule has 0 atom stereocenters. The van der Waals surface area contributed by atoms with E-state index in [4.69, 9.17) is 18.0 Å². The first-order valence-corrected chi connectivity index (χ1v) is 7.28. The Balaban J connectivity index is 2.16. The van der Waals surface area contributed by atoms with Crippen LogP contribution in [0.3, 0.4) is 0 Å². The molecule has 0 aliphatic heterocycles. The van der Waals surface area contributed by atoms with Gasteiger partial charge in [0.2, 0.25) is 0 Å². The number of fused-ring (bicyclic) bond motifs is 1. The minimum atomic E-state index is -0.251. The average molecular weight is 325 g/mol. The van der Waals surface area contributed by atoms with Crippen molar-refractivity contribution in [1.82, 2.24) is 20.1 Å². The molecular formula is C17H13ClN4O. The fourth-order valence-electron chi connectivity index (χ4n) is 2.30. The minimum Gasteiger partial charge on any atom is -0.341 e. The molecule has 0 aliphatic rings. The van der Waals surface area contributed by atoms with Crippen LogP contribution in [-0.2, 0) is 7.05 Å². The molecule has 23 heavy (non-hydrogen) atoms. The van der Waals surface area contributed by atoms with Gasteiger partial charge in [-0.05, 0) is 18.2 Å². The van der Waals surface area contributed by atoms with Gasteiger partial charge in [0.1, 0.15) is 0 Å². The molecule has 1 amide bonds. The van der Waals surface area contributed by atoms with Crippen molar-refractivity contribution in [2.24, 2.45) is 7.05 Å². The molecule has 0 bridgehead atoms. The summed E-state index contributed by atoms with van der Waals surface area (Å²) in [7, 11) is 1.78. The minimum absolute atomic E-state index is 0.166. The number of carbonyl (C=O) groups is 1. The number of carbonyl (C=O) groups excluding carboxylic acids is 1. The number of hydrogen-bond donors (Lipinski definition) is 1. The van der Waals surface area contributed by atoms with Crippen molar-refractivity contribution >= 4 is 28.5 Å². The number of halogens is 1. The molecule has 1 aromatic carbocycles. The van der Waals surface area contributed by atoms with Crippen molar-refractivity contribution in [3.8, 4) is 23.6 Å². The monoisotopic (exact) mass is 324 g/mol. The van der Waals surface area contributed by atoms with Gasteiger partial charge in [0.25, 0.3) is 5.91 Å². The lowest BCUT2D eigenvalue weighted by Crippen LogP contribution is -2.23. The molecular weight excluding hydrogens is 312 g/mol. The predicted octanol–water partition coefficient (Wildman–Crippen LogP) is 2.65. The van der Waals surface area contributed by atoms with Crippen molar-refractivity contribution < 1.29 is 4.79 Å². The topological polar surface area (TPSA) is 59.8 Å². The van der Waals surface area contributed by atoms with Crippen molar-refractivity contribution in [3.63, 3.8) is 0 Å². The number of nitrogens with zero attached hydrogens (tertiary/aromatic N) is 3. The Bertz CT molecular complexity index is 922. The maximum atomic E-state index is 12.4. The number of aryl methyl sites for hydroxylation is 1. The Morgan fingerprint density at radius 3 is 2.83 bits per heavy atom. The molecule has 0 spiro atoms. The zero-order valence-corrected chi connectivity index (χ0v) is 13.1. The lowest BCUT2D eigenvalue weighted by atomic mass is 10.1. The summed E-state index contributed by atoms with van der Waals surface area (Å²) >= 11 is 5.92. The van der Waals surface area contributed by atoms with Crippen LogP contribution in [0, 0.1) is 12.3 Å². The molecule has 3 rings (SSSR count). The summed E-state index contributed by atoms with van der Waals surface area (Å²) in [4.78, 5) is 17.0. The Morgan fingerprint density at radius 2 is 2.13 bits per heavy atom. The number of aromatic nitrogens is 3. The second-order valence-electron chi connectivity index (χ2n) is 4.95. The van der Waals surface area contributed by atoms with Gasteiger partial charge in [0.15, 0.2) is 5.65 Å². The van der Waals surface area contributed by atoms with Gasteiger partial charge < -0.3 is 5.32 Å². The number of terminal acetylenes is 1. The lowest BCUT2D eigenvalue weighted by Gasteiger charge is -2.08. The summed E-state index contributed by atoms with van der Waals surface area (Å²) in [5, 5.41) is 8.18. The highest BCUT2D eigenvalue weighted by atomic mass is 35.5. The average Bonchev–Trinajstić information content (AvgIpc) is 2.94. The van der Waals surface area contributed by atoms with Crippen LogP contribution >= 0.6 is 11.6 Å². The molecule has 114 valence electrons. The third kappa shape index (κ3) is 2.89. The maximum Gasteiger partial charge on any atom is 0.252 e. The van der Waals surface area contributed by atoms with Gasteiger partial charge in [0, 0.05) is 17.6 Å². The molecule has 3 aromatic rings. The molecule has 2 aromatic heterocycles. The standard InChI is InChI=1S/C17H13ClN4O/c1-3-8-19-17(23)13-9-15(11-4-6-12(18)7-5-11)21-16-14(13)10-20-22(16)2/h1,4-7,9-10H,8H2,2H3,(H,19,23). The first kappa shape index (κ1) is 15.1. The van der Waals surface area contributed by atoms with E-state index in [1.54, 1.807) is 36.1 Å². The van der Waals surface area contributed by atoms with Gasteiger partial charge in [0.05, 0.1) is 29.4 Å². The third-order valence-electron chi connectivity index (χ3n) is 3.44. The first-order chi connectivity index (χ1) is 11.1. The normalized spacial score (nSPS) is 10.5. The van der Waals surface area contributed by atoms with Crippen LogP contribution in [0.2, 0.25) is 5.02 Å². The zero-order chi connectivity index (χ0) is 16.4. The van der Waals surface area contributed by atoms with Gasteiger partial charge in [-0.3, -0.25) is 9.48 Å². The molecule has 0 unspecified atom stereocenters. The fraction of sp³-hybridized carbons (Fsp3) is 0.118. The molecule has 0 fully saturated rings. The second kappa shape index (κ2) is 6.11. The van der Waals surface area contributed by atoms with Crippen LogP contribution in [-0.4, -0.2) is 27.2 Å². The molecule has 6 heteroatoms. The maximum absolute atomic E-state index is 12.4. The number of amides is 1. The largest absolute Gasteiger partial charge is 0.341 e. The van der Waals surface area contributed by atoms with E-state index in [1.807, 2.05) is 12.1 Å². The van der Waals surface area contributed by atoms with Crippen LogP contribution in [0.1, 0.15) is 10.4 Å². The summed E-state index contributed by atoms with van der Waals surface area (Å²) in [5.41, 5.74) is 2.65. The molecule has 5 nitrogen and oxygen atoms in total. The quantitative estimate of drug-likeness (QED) is 0.753. The highest BCUT2D eigenvalue weighted by molar-refractivity contribution is 6.30.